The molecule has 7 nitrogen and oxygen atoms in total. The van der Waals surface area contributed by atoms with Crippen LogP contribution < -0.4 is 5.32 Å². The normalized spacial score (nSPS) is 22.3. The fraction of sp³-hybridized carbons (Fsp3) is 0.400. The van der Waals surface area contributed by atoms with Gasteiger partial charge in [0.25, 0.3) is 0 Å². The van der Waals surface area contributed by atoms with Crippen molar-refractivity contribution in [3.63, 3.8) is 0 Å². The fourth-order valence-electron chi connectivity index (χ4n) is 5.13. The van der Waals surface area contributed by atoms with Gasteiger partial charge in [-0.2, -0.15) is 11.8 Å². The van der Waals surface area contributed by atoms with Crippen LogP contribution in [-0.4, -0.2) is 65.7 Å². The molecule has 2 atom stereocenters. The van der Waals surface area contributed by atoms with Gasteiger partial charge >= 0.3 is 12.1 Å². The molecule has 1 aliphatic heterocycles. The molecule has 2 aromatic carbocycles. The van der Waals surface area contributed by atoms with E-state index in [2.05, 4.69) is 29.6 Å². The van der Waals surface area contributed by atoms with E-state index < -0.39 is 17.5 Å². The van der Waals surface area contributed by atoms with Crippen LogP contribution in [0.2, 0.25) is 0 Å². The first-order valence-corrected chi connectivity index (χ1v) is 12.3. The van der Waals surface area contributed by atoms with Gasteiger partial charge in [0.05, 0.1) is 11.2 Å². The van der Waals surface area contributed by atoms with E-state index in [1.165, 1.54) is 34.0 Å². The molecular formula is C25H26N2O5S. The molecule has 8 heteroatoms. The minimum atomic E-state index is -0.789. The van der Waals surface area contributed by atoms with Gasteiger partial charge in [-0.1, -0.05) is 48.5 Å². The Labute approximate surface area is 196 Å². The molecule has 0 radical (unpaired) electrons. The smallest absolute Gasteiger partial charge is 0.407 e. The highest BCUT2D eigenvalue weighted by atomic mass is 32.2. The molecule has 1 saturated carbocycles. The van der Waals surface area contributed by atoms with E-state index >= 15 is 0 Å². The van der Waals surface area contributed by atoms with Crippen LogP contribution in [0.15, 0.2) is 48.5 Å². The number of nitrogens with one attached hydrogen (secondary N) is 1. The molecule has 2 amide bonds. The number of thioether (sulfide) groups is 1. The van der Waals surface area contributed by atoms with Gasteiger partial charge in [0, 0.05) is 31.3 Å². The molecule has 33 heavy (non-hydrogen) atoms. The zero-order valence-corrected chi connectivity index (χ0v) is 19.0. The summed E-state index contributed by atoms with van der Waals surface area (Å²) in [6.07, 6.45) is 0.218. The molecule has 0 bridgehead atoms. The van der Waals surface area contributed by atoms with Crippen molar-refractivity contribution in [3.05, 3.63) is 59.7 Å². The average Bonchev–Trinajstić information content (AvgIpc) is 3.25. The minimum Gasteiger partial charge on any atom is -0.481 e. The highest BCUT2D eigenvalue weighted by molar-refractivity contribution is 7.99. The Bertz CT molecular complexity index is 1060. The molecule has 3 aliphatic rings. The first-order valence-electron chi connectivity index (χ1n) is 11.2. The number of carboxylic acids is 1. The summed E-state index contributed by atoms with van der Waals surface area (Å²) in [4.78, 5) is 37.5. The van der Waals surface area contributed by atoms with E-state index in [4.69, 9.17) is 4.74 Å². The van der Waals surface area contributed by atoms with E-state index in [0.29, 0.717) is 31.8 Å². The van der Waals surface area contributed by atoms with Gasteiger partial charge in [0.1, 0.15) is 6.61 Å². The SMILES string of the molecule is O=C(NCCSCC(=O)N1CC2CC2(C(=O)O)C1)OCC1c2ccccc2-c2ccccc21. The van der Waals surface area contributed by atoms with Crippen LogP contribution in [0.25, 0.3) is 11.1 Å². The van der Waals surface area contributed by atoms with E-state index in [0.717, 1.165) is 0 Å². The van der Waals surface area contributed by atoms with Crippen LogP contribution in [0, 0.1) is 11.3 Å². The second kappa shape index (κ2) is 8.74. The Morgan fingerprint density at radius 1 is 1.09 bits per heavy atom. The Morgan fingerprint density at radius 2 is 1.76 bits per heavy atom. The van der Waals surface area contributed by atoms with Gasteiger partial charge in [0.2, 0.25) is 5.91 Å². The number of amides is 2. The molecule has 0 aromatic heterocycles. The minimum absolute atomic E-state index is 0.0240. The number of carboxylic acid groups (broad SMARTS) is 1. The number of nitrogens with zero attached hydrogens (tertiary/aromatic N) is 1. The van der Waals surface area contributed by atoms with Crippen molar-refractivity contribution in [2.75, 3.05) is 37.7 Å². The number of likely N-dealkylation sites (tertiary alicyclic amines) is 1. The lowest BCUT2D eigenvalue weighted by Crippen LogP contribution is -2.35. The van der Waals surface area contributed by atoms with Crippen LogP contribution >= 0.6 is 11.8 Å². The van der Waals surface area contributed by atoms with Crippen LogP contribution in [0.1, 0.15) is 23.5 Å². The summed E-state index contributed by atoms with van der Waals surface area (Å²) in [5.41, 5.74) is 4.03. The molecular weight excluding hydrogens is 440 g/mol. The molecule has 172 valence electrons. The molecule has 0 spiro atoms. The summed E-state index contributed by atoms with van der Waals surface area (Å²) in [5.74, 6) is 0.179. The molecule has 1 saturated heterocycles. The first-order chi connectivity index (χ1) is 16.0. The third kappa shape index (κ3) is 4.08. The molecule has 2 aliphatic carbocycles. The maximum absolute atomic E-state index is 12.3. The Morgan fingerprint density at radius 3 is 2.39 bits per heavy atom. The molecule has 2 aromatic rings. The zero-order chi connectivity index (χ0) is 23.0. The van der Waals surface area contributed by atoms with E-state index in [1.807, 2.05) is 24.3 Å². The number of alkyl carbamates (subject to hydrolysis) is 1. The summed E-state index contributed by atoms with van der Waals surface area (Å²) < 4.78 is 5.51. The van der Waals surface area contributed by atoms with Crippen molar-refractivity contribution in [2.24, 2.45) is 11.3 Å². The number of rotatable bonds is 8. The number of hydrogen-bond donors (Lipinski definition) is 2. The summed E-state index contributed by atoms with van der Waals surface area (Å²) in [5, 5.41) is 12.1. The van der Waals surface area contributed by atoms with Crippen molar-refractivity contribution < 1.29 is 24.2 Å². The van der Waals surface area contributed by atoms with E-state index in [-0.39, 0.29) is 30.1 Å². The zero-order valence-electron chi connectivity index (χ0n) is 18.2. The van der Waals surface area contributed by atoms with Crippen LogP contribution in [0.5, 0.6) is 0 Å². The number of fused-ring (bicyclic) bond motifs is 4. The summed E-state index contributed by atoms with van der Waals surface area (Å²) >= 11 is 1.43. The number of carbonyl (C=O) groups excluding carboxylic acids is 2. The Kier molecular flexibility index (Phi) is 5.78. The molecule has 2 fully saturated rings. The van der Waals surface area contributed by atoms with Gasteiger partial charge in [-0.25, -0.2) is 4.79 Å². The number of aliphatic carboxylic acids is 1. The highest BCUT2D eigenvalue weighted by Crippen LogP contribution is 2.57. The quantitative estimate of drug-likeness (QED) is 0.580. The van der Waals surface area contributed by atoms with Gasteiger partial charge in [-0.3, -0.25) is 9.59 Å². The number of hydrogen-bond acceptors (Lipinski definition) is 5. The first kappa shape index (κ1) is 21.8. The fourth-order valence-corrected chi connectivity index (χ4v) is 5.88. The highest BCUT2D eigenvalue weighted by Gasteiger charge is 2.66. The molecule has 2 N–H and O–H groups in total. The van der Waals surface area contributed by atoms with Crippen molar-refractivity contribution in [2.45, 2.75) is 12.3 Å². The Balaban J connectivity index is 1.02. The third-order valence-electron chi connectivity index (χ3n) is 7.01. The number of piperidine rings is 1. The largest absolute Gasteiger partial charge is 0.481 e. The van der Waals surface area contributed by atoms with Crippen LogP contribution in [-0.2, 0) is 14.3 Å². The standard InChI is InChI=1S/C25H26N2O5S/c28-22(27-12-16-11-25(16,15-27)23(29)30)14-33-10-9-26-24(31)32-13-21-19-7-3-1-5-17(19)18-6-2-4-8-20(18)21/h1-8,16,21H,9-15H2,(H,26,31)(H,29,30). The van der Waals surface area contributed by atoms with Gasteiger partial charge in [-0.05, 0) is 34.6 Å². The topological polar surface area (TPSA) is 95.9 Å². The van der Waals surface area contributed by atoms with Crippen LogP contribution in [0.3, 0.4) is 0 Å². The molecule has 2 unspecified atom stereocenters. The number of benzene rings is 2. The average molecular weight is 467 g/mol. The van der Waals surface area contributed by atoms with Crippen molar-refractivity contribution in [1.29, 1.82) is 0 Å². The van der Waals surface area contributed by atoms with E-state index in [9.17, 15) is 19.5 Å². The second-order valence-electron chi connectivity index (χ2n) is 8.94. The second-order valence-corrected chi connectivity index (χ2v) is 10.0. The lowest BCUT2D eigenvalue weighted by molar-refractivity contribution is -0.143. The lowest BCUT2D eigenvalue weighted by atomic mass is 9.98. The lowest BCUT2D eigenvalue weighted by Gasteiger charge is -2.19. The predicted octanol–water partition coefficient (Wildman–Crippen LogP) is 3.19. The van der Waals surface area contributed by atoms with Gasteiger partial charge in [-0.15, -0.1) is 0 Å². The number of carbonyl (C=O) groups is 3. The number of ether oxygens (including phenoxy) is 1. The van der Waals surface area contributed by atoms with E-state index in [1.54, 1.807) is 4.90 Å². The summed E-state index contributed by atoms with van der Waals surface area (Å²) in [6, 6.07) is 16.4. The Hall–Kier alpha value is -3.00. The predicted molar refractivity (Wildman–Crippen MR) is 125 cm³/mol. The monoisotopic (exact) mass is 466 g/mol. The molecule has 5 rings (SSSR count). The summed E-state index contributed by atoms with van der Waals surface area (Å²) in [7, 11) is 0. The van der Waals surface area contributed by atoms with Crippen LogP contribution in [0.4, 0.5) is 4.79 Å². The van der Waals surface area contributed by atoms with Crippen molar-refractivity contribution in [3.8, 4) is 11.1 Å². The molecule has 1 heterocycles. The third-order valence-corrected chi connectivity index (χ3v) is 7.95. The van der Waals surface area contributed by atoms with Gasteiger partial charge < -0.3 is 20.1 Å². The maximum atomic E-state index is 12.3. The van der Waals surface area contributed by atoms with Crippen molar-refractivity contribution >= 4 is 29.7 Å². The van der Waals surface area contributed by atoms with Crippen molar-refractivity contribution in [1.82, 2.24) is 10.2 Å². The maximum Gasteiger partial charge on any atom is 0.407 e. The summed E-state index contributed by atoms with van der Waals surface area (Å²) in [6.45, 7) is 1.54. The van der Waals surface area contributed by atoms with Gasteiger partial charge in [0.15, 0.2) is 0 Å².